The van der Waals surface area contributed by atoms with Crippen LogP contribution in [0.2, 0.25) is 0 Å². The number of aliphatic hydroxyl groups is 1. The van der Waals surface area contributed by atoms with E-state index in [2.05, 4.69) is 0 Å². The molecule has 2 heterocycles. The standard InChI is InChI=1S/C21H29N3O3.ClH/c1-16(25)19(22)20(27)23-12-9-21(10-13-23)14-18(26)24(15-21)11-5-8-17-6-3-2-4-7-17;/h2-8,16,19,25H,9-15,22H2,1H3;1H/b8-5+;/t16-,19+;/m1./s1. The molecule has 3 N–H and O–H groups in total. The van der Waals surface area contributed by atoms with E-state index >= 15 is 0 Å². The second kappa shape index (κ2) is 9.54. The number of benzene rings is 1. The van der Waals surface area contributed by atoms with Crippen molar-refractivity contribution in [1.82, 2.24) is 9.80 Å². The summed E-state index contributed by atoms with van der Waals surface area (Å²) in [5, 5.41) is 9.53. The van der Waals surface area contributed by atoms with Crippen molar-refractivity contribution in [3.05, 3.63) is 42.0 Å². The molecule has 1 aromatic rings. The van der Waals surface area contributed by atoms with E-state index in [1.807, 2.05) is 47.4 Å². The highest BCUT2D eigenvalue weighted by atomic mass is 35.5. The zero-order valence-electron chi connectivity index (χ0n) is 16.3. The first kappa shape index (κ1) is 22.4. The first-order chi connectivity index (χ1) is 12.9. The fourth-order valence-electron chi connectivity index (χ4n) is 3.98. The van der Waals surface area contributed by atoms with E-state index in [4.69, 9.17) is 5.73 Å². The Kier molecular flexibility index (Phi) is 7.63. The predicted octanol–water partition coefficient (Wildman–Crippen LogP) is 1.67. The average molecular weight is 408 g/mol. The number of carbonyl (C=O) groups excluding carboxylic acids is 2. The molecule has 0 radical (unpaired) electrons. The molecule has 0 aliphatic carbocycles. The van der Waals surface area contributed by atoms with Crippen LogP contribution < -0.4 is 5.73 Å². The van der Waals surface area contributed by atoms with E-state index in [1.165, 1.54) is 6.92 Å². The lowest BCUT2D eigenvalue weighted by molar-refractivity contribution is -0.137. The van der Waals surface area contributed by atoms with Gasteiger partial charge in [-0.25, -0.2) is 0 Å². The molecular formula is C21H30ClN3O3. The molecular weight excluding hydrogens is 378 g/mol. The number of rotatable bonds is 5. The van der Waals surface area contributed by atoms with Crippen LogP contribution in [0.4, 0.5) is 0 Å². The van der Waals surface area contributed by atoms with Gasteiger partial charge in [0.15, 0.2) is 0 Å². The lowest BCUT2D eigenvalue weighted by Crippen LogP contribution is -2.53. The minimum Gasteiger partial charge on any atom is -0.391 e. The number of carbonyl (C=O) groups is 2. The van der Waals surface area contributed by atoms with Gasteiger partial charge in [-0.1, -0.05) is 42.5 Å². The molecule has 154 valence electrons. The quantitative estimate of drug-likeness (QED) is 0.777. The van der Waals surface area contributed by atoms with Crippen LogP contribution in [0.1, 0.15) is 31.7 Å². The summed E-state index contributed by atoms with van der Waals surface area (Å²) in [6, 6.07) is 9.17. The van der Waals surface area contributed by atoms with Crippen molar-refractivity contribution in [2.75, 3.05) is 26.2 Å². The van der Waals surface area contributed by atoms with Crippen LogP contribution in [-0.4, -0.2) is 65.0 Å². The zero-order chi connectivity index (χ0) is 19.4. The second-order valence-electron chi connectivity index (χ2n) is 7.86. The van der Waals surface area contributed by atoms with E-state index in [1.54, 1.807) is 4.90 Å². The van der Waals surface area contributed by atoms with Crippen LogP contribution in [0.15, 0.2) is 36.4 Å². The molecule has 0 bridgehead atoms. The largest absolute Gasteiger partial charge is 0.391 e. The molecule has 2 saturated heterocycles. The molecule has 2 amide bonds. The van der Waals surface area contributed by atoms with Crippen LogP contribution in [0.5, 0.6) is 0 Å². The Balaban J connectivity index is 0.00000280. The van der Waals surface area contributed by atoms with Gasteiger partial charge in [0.25, 0.3) is 0 Å². The van der Waals surface area contributed by atoms with Gasteiger partial charge in [0.05, 0.1) is 6.10 Å². The minimum atomic E-state index is -0.871. The van der Waals surface area contributed by atoms with E-state index in [9.17, 15) is 14.7 Å². The Morgan fingerprint density at radius 1 is 1.29 bits per heavy atom. The van der Waals surface area contributed by atoms with Crippen molar-refractivity contribution in [3.8, 4) is 0 Å². The molecule has 0 unspecified atom stereocenters. The highest BCUT2D eigenvalue weighted by molar-refractivity contribution is 5.85. The van der Waals surface area contributed by atoms with Gasteiger partial charge in [-0.3, -0.25) is 9.59 Å². The van der Waals surface area contributed by atoms with Gasteiger partial charge >= 0.3 is 0 Å². The number of nitrogens with two attached hydrogens (primary N) is 1. The van der Waals surface area contributed by atoms with Gasteiger partial charge in [-0.15, -0.1) is 12.4 Å². The molecule has 2 atom stereocenters. The smallest absolute Gasteiger partial charge is 0.242 e. The molecule has 0 saturated carbocycles. The fraction of sp³-hybridized carbons (Fsp3) is 0.524. The lowest BCUT2D eigenvalue weighted by Gasteiger charge is -2.39. The van der Waals surface area contributed by atoms with Gasteiger partial charge in [-0.05, 0) is 25.3 Å². The third-order valence-electron chi connectivity index (χ3n) is 5.78. The molecule has 1 spiro atoms. The monoisotopic (exact) mass is 407 g/mol. The average Bonchev–Trinajstić information content (AvgIpc) is 2.97. The van der Waals surface area contributed by atoms with Gasteiger partial charge < -0.3 is 20.6 Å². The number of piperidine rings is 1. The van der Waals surface area contributed by atoms with Gasteiger partial charge in [0.1, 0.15) is 6.04 Å². The summed E-state index contributed by atoms with van der Waals surface area (Å²) < 4.78 is 0. The van der Waals surface area contributed by atoms with Crippen LogP contribution in [-0.2, 0) is 9.59 Å². The Morgan fingerprint density at radius 3 is 2.54 bits per heavy atom. The Bertz CT molecular complexity index is 700. The maximum atomic E-state index is 12.5. The Labute approximate surface area is 172 Å². The van der Waals surface area contributed by atoms with Crippen molar-refractivity contribution in [2.24, 2.45) is 11.1 Å². The third-order valence-corrected chi connectivity index (χ3v) is 5.78. The first-order valence-corrected chi connectivity index (χ1v) is 9.62. The van der Waals surface area contributed by atoms with E-state index in [0.29, 0.717) is 26.1 Å². The summed E-state index contributed by atoms with van der Waals surface area (Å²) in [4.78, 5) is 28.4. The summed E-state index contributed by atoms with van der Waals surface area (Å²) in [5.41, 5.74) is 6.86. The Morgan fingerprint density at radius 2 is 1.93 bits per heavy atom. The number of likely N-dealkylation sites (tertiary alicyclic amines) is 2. The molecule has 6 nitrogen and oxygen atoms in total. The third kappa shape index (κ3) is 5.13. The van der Waals surface area contributed by atoms with Gasteiger partial charge in [-0.2, -0.15) is 0 Å². The molecule has 1 aromatic carbocycles. The number of aliphatic hydroxyl groups excluding tert-OH is 1. The molecule has 2 fully saturated rings. The number of hydrogen-bond donors (Lipinski definition) is 2. The van der Waals surface area contributed by atoms with Crippen molar-refractivity contribution < 1.29 is 14.7 Å². The second-order valence-corrected chi connectivity index (χ2v) is 7.86. The highest BCUT2D eigenvalue weighted by Gasteiger charge is 2.45. The molecule has 0 aromatic heterocycles. The van der Waals surface area contributed by atoms with E-state index in [-0.39, 0.29) is 29.6 Å². The number of halogens is 1. The summed E-state index contributed by atoms with van der Waals surface area (Å²) >= 11 is 0. The predicted molar refractivity (Wildman–Crippen MR) is 112 cm³/mol. The summed E-state index contributed by atoms with van der Waals surface area (Å²) in [7, 11) is 0. The van der Waals surface area contributed by atoms with Crippen molar-refractivity contribution >= 4 is 30.3 Å². The van der Waals surface area contributed by atoms with Crippen LogP contribution >= 0.6 is 12.4 Å². The van der Waals surface area contributed by atoms with Gasteiger partial charge in [0, 0.05) is 38.0 Å². The number of hydrogen-bond acceptors (Lipinski definition) is 4. The maximum Gasteiger partial charge on any atom is 0.242 e. The number of amides is 2. The normalized spacial score (nSPS) is 21.0. The van der Waals surface area contributed by atoms with Crippen LogP contribution in [0, 0.1) is 5.41 Å². The lowest BCUT2D eigenvalue weighted by atomic mass is 9.77. The maximum absolute atomic E-state index is 12.5. The van der Waals surface area contributed by atoms with Crippen molar-refractivity contribution in [3.63, 3.8) is 0 Å². The van der Waals surface area contributed by atoms with Gasteiger partial charge in [0.2, 0.25) is 11.8 Å². The highest BCUT2D eigenvalue weighted by Crippen LogP contribution is 2.41. The topological polar surface area (TPSA) is 86.9 Å². The molecule has 3 rings (SSSR count). The Hall–Kier alpha value is -1.89. The minimum absolute atomic E-state index is 0. The first-order valence-electron chi connectivity index (χ1n) is 9.62. The van der Waals surface area contributed by atoms with E-state index < -0.39 is 12.1 Å². The SMILES string of the molecule is C[C@@H](O)[C@H](N)C(=O)N1CCC2(CC1)CC(=O)N(C/C=C/c1ccccc1)C2.Cl. The van der Waals surface area contributed by atoms with Crippen LogP contribution in [0.3, 0.4) is 0 Å². The summed E-state index contributed by atoms with van der Waals surface area (Å²) in [6.07, 6.45) is 5.37. The molecule has 2 aliphatic rings. The van der Waals surface area contributed by atoms with Crippen molar-refractivity contribution in [2.45, 2.75) is 38.3 Å². The molecule has 7 heteroatoms. The fourth-order valence-corrected chi connectivity index (χ4v) is 3.98. The van der Waals surface area contributed by atoms with Crippen LogP contribution in [0.25, 0.3) is 6.08 Å². The molecule has 28 heavy (non-hydrogen) atoms. The number of nitrogens with zero attached hydrogens (tertiary/aromatic N) is 2. The van der Waals surface area contributed by atoms with Crippen molar-refractivity contribution in [1.29, 1.82) is 0 Å². The zero-order valence-corrected chi connectivity index (χ0v) is 17.1. The summed E-state index contributed by atoms with van der Waals surface area (Å²) in [5.74, 6) is -0.0139. The van der Waals surface area contributed by atoms with E-state index in [0.717, 1.165) is 24.9 Å². The summed E-state index contributed by atoms with van der Waals surface area (Å²) in [6.45, 7) is 4.09. The molecule has 2 aliphatic heterocycles.